The van der Waals surface area contributed by atoms with Gasteiger partial charge in [-0.3, -0.25) is 15.1 Å². The van der Waals surface area contributed by atoms with Gasteiger partial charge in [0.05, 0.1) is 24.6 Å². The number of halogens is 2. The molecule has 1 unspecified atom stereocenters. The molecule has 10 heteroatoms. The van der Waals surface area contributed by atoms with Crippen LogP contribution in [-0.4, -0.2) is 30.3 Å². The summed E-state index contributed by atoms with van der Waals surface area (Å²) in [6, 6.07) is 17.2. The number of nitrogens with one attached hydrogen (secondary N) is 1. The van der Waals surface area contributed by atoms with Crippen molar-refractivity contribution < 1.29 is 18.7 Å². The number of thioether (sulfide) groups is 1. The lowest BCUT2D eigenvalue weighted by molar-refractivity contribution is -0.116. The first-order valence-corrected chi connectivity index (χ1v) is 12.0. The monoisotopic (exact) mass is 510 g/mol. The third-order valence-corrected chi connectivity index (χ3v) is 6.86. The van der Waals surface area contributed by atoms with Crippen LogP contribution in [0.5, 0.6) is 11.5 Å². The first-order valence-electron chi connectivity index (χ1n) is 10.6. The lowest BCUT2D eigenvalue weighted by Gasteiger charge is -2.34. The molecule has 2 aliphatic rings. The lowest BCUT2D eigenvalue weighted by atomic mass is 10.1. The molecule has 0 fully saturated rings. The molecular formula is C25H20ClFN4O3S. The summed E-state index contributed by atoms with van der Waals surface area (Å²) in [5.74, 6) is 0.599. The molecule has 5 rings (SSSR count). The number of fused-ring (bicyclic) bond motifs is 2. The fourth-order valence-corrected chi connectivity index (χ4v) is 5.01. The summed E-state index contributed by atoms with van der Waals surface area (Å²) in [6.07, 6.45) is -0.734. The molecule has 0 saturated carbocycles. The summed E-state index contributed by atoms with van der Waals surface area (Å²) >= 11 is 7.86. The van der Waals surface area contributed by atoms with Crippen LogP contribution in [0.15, 0.2) is 70.8 Å². The Balaban J connectivity index is 1.61. The highest BCUT2D eigenvalue weighted by Gasteiger charge is 2.36. The molecule has 35 heavy (non-hydrogen) atoms. The Labute approximate surface area is 209 Å². The van der Waals surface area contributed by atoms with Crippen LogP contribution in [0.4, 0.5) is 4.39 Å². The van der Waals surface area contributed by atoms with Crippen molar-refractivity contribution in [2.45, 2.75) is 11.9 Å². The Hall–Kier alpha value is -3.56. The second kappa shape index (κ2) is 9.59. The van der Waals surface area contributed by atoms with E-state index in [-0.39, 0.29) is 11.7 Å². The van der Waals surface area contributed by atoms with Crippen LogP contribution >= 0.6 is 23.4 Å². The Morgan fingerprint density at radius 3 is 2.57 bits per heavy atom. The second-order valence-electron chi connectivity index (χ2n) is 7.68. The fourth-order valence-electron chi connectivity index (χ4n) is 3.92. The number of amides is 1. The fraction of sp³-hybridized carbons (Fsp3) is 0.160. The molecule has 0 saturated heterocycles. The van der Waals surface area contributed by atoms with Crippen LogP contribution in [0, 0.1) is 5.82 Å². The van der Waals surface area contributed by atoms with E-state index < -0.39 is 6.17 Å². The number of rotatable bonds is 5. The van der Waals surface area contributed by atoms with Crippen molar-refractivity contribution in [3.8, 4) is 11.5 Å². The van der Waals surface area contributed by atoms with Crippen molar-refractivity contribution in [3.63, 3.8) is 0 Å². The van der Waals surface area contributed by atoms with Crippen LogP contribution in [0.3, 0.4) is 0 Å². The Morgan fingerprint density at radius 2 is 1.80 bits per heavy atom. The zero-order chi connectivity index (χ0) is 24.5. The molecule has 178 valence electrons. The Morgan fingerprint density at radius 1 is 1.09 bits per heavy atom. The van der Waals surface area contributed by atoms with Gasteiger partial charge in [-0.2, -0.15) is 0 Å². The van der Waals surface area contributed by atoms with Gasteiger partial charge in [0.2, 0.25) is 0 Å². The highest BCUT2D eigenvalue weighted by molar-refractivity contribution is 8.13. The molecular weight excluding hydrogens is 491 g/mol. The normalized spacial score (nSPS) is 16.5. The Bertz CT molecular complexity index is 1480. The highest BCUT2D eigenvalue weighted by atomic mass is 35.5. The van der Waals surface area contributed by atoms with Gasteiger partial charge in [0, 0.05) is 22.6 Å². The number of ether oxygens (including phenoxy) is 2. The summed E-state index contributed by atoms with van der Waals surface area (Å²) in [5, 5.41) is 11.1. The molecule has 2 heterocycles. The second-order valence-corrected chi connectivity index (χ2v) is 9.05. The summed E-state index contributed by atoms with van der Waals surface area (Å²) < 4.78 is 24.9. The van der Waals surface area contributed by atoms with E-state index >= 15 is 0 Å². The summed E-state index contributed by atoms with van der Waals surface area (Å²) in [5.41, 5.74) is 1.45. The number of carbonyl (C=O) groups is 1. The number of para-hydroxylation sites is 1. The first-order chi connectivity index (χ1) is 17.0. The number of hydrazone groups is 1. The molecule has 1 atom stereocenters. The number of hydrogen-bond donors (Lipinski definition) is 1. The maximum atomic E-state index is 14.1. The van der Waals surface area contributed by atoms with Gasteiger partial charge in [0.25, 0.3) is 5.91 Å². The predicted octanol–water partition coefficient (Wildman–Crippen LogP) is 3.57. The SMILES string of the molecule is COc1cc(Cl)c(C2N=c3ccccc3=C3C(=O)NC(SCc4ccccc4F)=NN32)cc1OC. The third kappa shape index (κ3) is 4.33. The molecule has 0 aliphatic carbocycles. The average Bonchev–Trinajstić information content (AvgIpc) is 2.87. The van der Waals surface area contributed by atoms with E-state index in [0.717, 1.165) is 0 Å². The van der Waals surface area contributed by atoms with Gasteiger partial charge < -0.3 is 9.47 Å². The van der Waals surface area contributed by atoms with Crippen molar-refractivity contribution in [2.75, 3.05) is 14.2 Å². The van der Waals surface area contributed by atoms with Crippen LogP contribution in [0.2, 0.25) is 5.02 Å². The molecule has 0 bridgehead atoms. The quantitative estimate of drug-likeness (QED) is 0.568. The van der Waals surface area contributed by atoms with E-state index in [2.05, 4.69) is 5.32 Å². The van der Waals surface area contributed by atoms with Crippen LogP contribution in [-0.2, 0) is 10.5 Å². The topological polar surface area (TPSA) is 75.5 Å². The summed E-state index contributed by atoms with van der Waals surface area (Å²) in [4.78, 5) is 18.1. The molecule has 0 spiro atoms. The van der Waals surface area contributed by atoms with E-state index in [0.29, 0.717) is 54.8 Å². The van der Waals surface area contributed by atoms with E-state index in [9.17, 15) is 9.18 Å². The van der Waals surface area contributed by atoms with Crippen LogP contribution in [0.1, 0.15) is 17.3 Å². The van der Waals surface area contributed by atoms with Gasteiger partial charge >= 0.3 is 0 Å². The minimum Gasteiger partial charge on any atom is -0.493 e. The van der Waals surface area contributed by atoms with Crippen LogP contribution in [0.25, 0.3) is 5.70 Å². The summed E-state index contributed by atoms with van der Waals surface area (Å²) in [7, 11) is 3.06. The lowest BCUT2D eigenvalue weighted by Crippen LogP contribution is -2.50. The molecule has 2 aliphatic heterocycles. The van der Waals surface area contributed by atoms with Gasteiger partial charge in [-0.05, 0) is 23.8 Å². The van der Waals surface area contributed by atoms with Crippen molar-refractivity contribution in [3.05, 3.63) is 93.2 Å². The zero-order valence-corrected chi connectivity index (χ0v) is 20.4. The molecule has 3 aromatic rings. The van der Waals surface area contributed by atoms with Gasteiger partial charge in [0.15, 0.2) is 22.8 Å². The number of carbonyl (C=O) groups excluding carboxylic acids is 1. The number of hydrogen-bond acceptors (Lipinski definition) is 7. The Kier molecular flexibility index (Phi) is 6.36. The van der Waals surface area contributed by atoms with Gasteiger partial charge in [-0.1, -0.05) is 59.8 Å². The van der Waals surface area contributed by atoms with E-state index in [1.54, 1.807) is 35.3 Å². The van der Waals surface area contributed by atoms with E-state index in [1.807, 2.05) is 24.3 Å². The molecule has 1 N–H and O–H groups in total. The van der Waals surface area contributed by atoms with Gasteiger partial charge in [-0.15, -0.1) is 5.10 Å². The van der Waals surface area contributed by atoms with E-state index in [4.69, 9.17) is 31.2 Å². The van der Waals surface area contributed by atoms with Gasteiger partial charge in [-0.25, -0.2) is 9.40 Å². The van der Waals surface area contributed by atoms with E-state index in [1.165, 1.54) is 32.0 Å². The van der Waals surface area contributed by atoms with Crippen molar-refractivity contribution in [1.82, 2.24) is 10.3 Å². The highest BCUT2D eigenvalue weighted by Crippen LogP contribution is 2.40. The molecule has 1 amide bonds. The van der Waals surface area contributed by atoms with Crippen molar-refractivity contribution >= 4 is 40.1 Å². The molecule has 3 aromatic carbocycles. The maximum Gasteiger partial charge on any atom is 0.276 e. The number of methoxy groups -OCH3 is 2. The van der Waals surface area contributed by atoms with Gasteiger partial charge in [0.1, 0.15) is 11.5 Å². The number of benzene rings is 3. The zero-order valence-electron chi connectivity index (χ0n) is 18.8. The smallest absolute Gasteiger partial charge is 0.276 e. The maximum absolute atomic E-state index is 14.1. The minimum absolute atomic E-state index is 0.296. The van der Waals surface area contributed by atoms with Crippen molar-refractivity contribution in [2.24, 2.45) is 10.1 Å². The summed E-state index contributed by atoms with van der Waals surface area (Å²) in [6.45, 7) is 0. The molecule has 0 aromatic heterocycles. The van der Waals surface area contributed by atoms with Crippen LogP contribution < -0.4 is 25.4 Å². The molecule has 7 nitrogen and oxygen atoms in total. The number of nitrogens with zero attached hydrogens (tertiary/aromatic N) is 3. The molecule has 0 radical (unpaired) electrons. The first kappa shape index (κ1) is 23.2. The minimum atomic E-state index is -0.734. The average molecular weight is 511 g/mol. The third-order valence-electron chi connectivity index (χ3n) is 5.62. The van der Waals surface area contributed by atoms with Crippen molar-refractivity contribution in [1.29, 1.82) is 0 Å². The standard InChI is InChI=1S/C25H20ClFN4O3S/c1-33-20-11-16(17(26)12-21(20)34-2)23-28-19-10-6-4-8-15(19)22-24(32)29-25(30-31(22)23)35-13-14-7-3-5-9-18(14)27/h3-12,23H,13H2,1-2H3,(H,29,30,32). The predicted molar refractivity (Wildman–Crippen MR) is 133 cm³/mol. The largest absolute Gasteiger partial charge is 0.493 e. The number of amidine groups is 1.